The molecule has 0 unspecified atom stereocenters. The maximum atomic E-state index is 10.6. The van der Waals surface area contributed by atoms with E-state index < -0.39 is 0 Å². The van der Waals surface area contributed by atoms with Crippen molar-refractivity contribution in [2.24, 2.45) is 0 Å². The van der Waals surface area contributed by atoms with Gasteiger partial charge in [-0.3, -0.25) is 0 Å². The van der Waals surface area contributed by atoms with E-state index in [9.17, 15) is 4.79 Å². The first-order chi connectivity index (χ1) is 10.9. The average Bonchev–Trinajstić information content (AvgIpc) is 3.23. The van der Waals surface area contributed by atoms with Crippen LogP contribution in [0.25, 0.3) is 5.32 Å². The van der Waals surface area contributed by atoms with Crippen LogP contribution in [0.2, 0.25) is 0 Å². The normalized spacial score (nSPS) is 17.4. The van der Waals surface area contributed by atoms with Crippen molar-refractivity contribution in [2.45, 2.75) is 117 Å². The number of carbonyl (C=O) groups excluding carboxylic acids is 1. The molecule has 0 aromatic heterocycles. The summed E-state index contributed by atoms with van der Waals surface area (Å²) in [5.41, 5.74) is 1.49. The van der Waals surface area contributed by atoms with Crippen molar-refractivity contribution < 1.29 is 31.0 Å². The third-order valence-electron chi connectivity index (χ3n) is 4.13. The molecule has 0 aliphatic heterocycles. The molecule has 0 N–H and O–H groups in total. The van der Waals surface area contributed by atoms with Crippen molar-refractivity contribution in [3.05, 3.63) is 16.6 Å². The Hall–Kier alpha value is 0.0931. The fraction of sp³-hybridized carbons (Fsp3) is 0.857. The number of rotatable bonds is 4. The van der Waals surface area contributed by atoms with Crippen molar-refractivity contribution in [2.75, 3.05) is 0 Å². The summed E-state index contributed by atoms with van der Waals surface area (Å²) in [6.07, 6.45) is 18.5. The van der Waals surface area contributed by atoms with Crippen LogP contribution in [-0.4, -0.2) is 11.8 Å². The monoisotopic (exact) mass is 411 g/mol. The summed E-state index contributed by atoms with van der Waals surface area (Å²) in [6.45, 7) is 10.0. The van der Waals surface area contributed by atoms with E-state index in [0.717, 1.165) is 12.1 Å². The topological polar surface area (TPSA) is 31.2 Å². The van der Waals surface area contributed by atoms with Gasteiger partial charge < -0.3 is 15.8 Å². The van der Waals surface area contributed by atoms with Crippen molar-refractivity contribution in [3.63, 3.8) is 0 Å². The van der Waals surface area contributed by atoms with Gasteiger partial charge in [-0.1, -0.05) is 105 Å². The molecule has 0 bridgehead atoms. The van der Waals surface area contributed by atoms with Crippen LogP contribution in [0.5, 0.6) is 0 Å². The molecule has 2 saturated carbocycles. The Morgan fingerprint density at radius 3 is 1.29 bits per heavy atom. The van der Waals surface area contributed by atoms with Crippen molar-refractivity contribution >= 4 is 6.29 Å². The maximum Gasteiger partial charge on any atom is 4.00 e. The van der Waals surface area contributed by atoms with E-state index in [1.807, 2.05) is 40.9 Å². The first kappa shape index (κ1) is 26.3. The minimum Gasteiger partial charge on any atom is -0.768 e. The van der Waals surface area contributed by atoms with Crippen LogP contribution in [0, 0.1) is 0 Å². The summed E-state index contributed by atoms with van der Waals surface area (Å²) in [5.74, 6) is 0. The molecule has 2 nitrogen and oxygen atoms in total. The molecule has 2 aliphatic rings. The molecule has 0 heterocycles. The van der Waals surface area contributed by atoms with Gasteiger partial charge >= 0.3 is 26.2 Å². The molecule has 136 valence electrons. The molecule has 0 radical (unpaired) electrons. The molecule has 0 spiro atoms. The van der Waals surface area contributed by atoms with Gasteiger partial charge in [-0.15, -0.1) is 12.0 Å². The Morgan fingerprint density at radius 1 is 0.792 bits per heavy atom. The molecular weight excluding hydrogens is 373 g/mol. The van der Waals surface area contributed by atoms with Gasteiger partial charge in [0.05, 0.1) is 0 Å². The largest absolute Gasteiger partial charge is 4.00 e. The zero-order valence-corrected chi connectivity index (χ0v) is 19.3. The van der Waals surface area contributed by atoms with Gasteiger partial charge in [0.15, 0.2) is 0 Å². The zero-order chi connectivity index (χ0) is 17.6. The van der Waals surface area contributed by atoms with E-state index in [1.165, 1.54) is 64.2 Å². The van der Waals surface area contributed by atoms with Crippen LogP contribution in [0.15, 0.2) is 11.3 Å². The summed E-state index contributed by atoms with van der Waals surface area (Å²) in [6, 6.07) is 0. The summed E-state index contributed by atoms with van der Waals surface area (Å²) < 4.78 is 0. The second kappa shape index (κ2) is 16.6. The number of allylic oxidation sites excluding steroid dienone is 2. The fourth-order valence-electron chi connectivity index (χ4n) is 2.87. The van der Waals surface area contributed by atoms with E-state index in [2.05, 4.69) is 5.32 Å². The third kappa shape index (κ3) is 15.6. The van der Waals surface area contributed by atoms with Gasteiger partial charge in [0.2, 0.25) is 0 Å². The molecule has 3 heteroatoms. The summed E-state index contributed by atoms with van der Waals surface area (Å²) in [7, 11) is 0. The molecule has 2 rings (SSSR count). The first-order valence-corrected chi connectivity index (χ1v) is 9.77. The smallest absolute Gasteiger partial charge is 0.768 e. The minimum absolute atomic E-state index is 0. The summed E-state index contributed by atoms with van der Waals surface area (Å²) >= 11 is 0. The second-order valence-corrected chi connectivity index (χ2v) is 7.55. The third-order valence-corrected chi connectivity index (χ3v) is 4.13. The van der Waals surface area contributed by atoms with Crippen LogP contribution < -0.4 is 0 Å². The van der Waals surface area contributed by atoms with Gasteiger partial charge in [0.25, 0.3) is 0 Å². The molecule has 2 fully saturated rings. The summed E-state index contributed by atoms with van der Waals surface area (Å²) in [5, 5.41) is 4.49. The van der Waals surface area contributed by atoms with E-state index in [1.54, 1.807) is 0 Å². The van der Waals surface area contributed by atoms with Crippen LogP contribution >= 0.6 is 0 Å². The van der Waals surface area contributed by atoms with Gasteiger partial charge in [0, 0.05) is 0 Å². The molecule has 0 saturated heterocycles. The van der Waals surface area contributed by atoms with Crippen molar-refractivity contribution in [3.8, 4) is 0 Å². The van der Waals surface area contributed by atoms with Gasteiger partial charge in [0.1, 0.15) is 0 Å². The van der Waals surface area contributed by atoms with Crippen LogP contribution in [0.1, 0.15) is 112 Å². The molecule has 2 aliphatic carbocycles. The van der Waals surface area contributed by atoms with E-state index in [4.69, 9.17) is 0 Å². The number of hydrogen-bond donors (Lipinski definition) is 0. The number of nitrogens with zero attached hydrogens (tertiary/aromatic N) is 1. The van der Waals surface area contributed by atoms with E-state index in [0.29, 0.717) is 12.0 Å². The van der Waals surface area contributed by atoms with Gasteiger partial charge in [-0.05, 0) is 6.29 Å². The maximum absolute atomic E-state index is 10.6. The van der Waals surface area contributed by atoms with Gasteiger partial charge in [-0.25, -0.2) is 5.57 Å². The molecule has 24 heavy (non-hydrogen) atoms. The number of hydrogen-bond acceptors (Lipinski definition) is 1. The van der Waals surface area contributed by atoms with Crippen molar-refractivity contribution in [1.82, 2.24) is 0 Å². The van der Waals surface area contributed by atoms with Crippen LogP contribution in [-0.2, 0) is 31.0 Å². The molecule has 0 atom stereocenters. The SMILES string of the molecule is C1CCCC1.C1CCCC1.CC/C([C-]=O)=C(\CC)[N-]C(C)(C)C.[Zr+4]. The Bertz CT molecular complexity index is 298. The predicted octanol–water partition coefficient (Wildman–Crippen LogP) is 7.24. The predicted molar refractivity (Wildman–Crippen MR) is 103 cm³/mol. The van der Waals surface area contributed by atoms with Crippen LogP contribution in [0.3, 0.4) is 0 Å². The van der Waals surface area contributed by atoms with Crippen LogP contribution in [0.4, 0.5) is 0 Å². The minimum atomic E-state index is -0.109. The Kier molecular flexibility index (Phi) is 18.2. The summed E-state index contributed by atoms with van der Waals surface area (Å²) in [4.78, 5) is 10.6. The molecule has 0 aromatic rings. The first-order valence-electron chi connectivity index (χ1n) is 9.77. The molecule has 0 aromatic carbocycles. The standard InChI is InChI=1S/C11H19NO.2C5H10.Zr/c1-6-9(8-13)10(7-2)12-11(3,4)5;2*1-2-4-5-3-1;/h6-7H2,1-5H3;2*1-5H2;/q-2;;;+4/b10-9-;;;. The Morgan fingerprint density at radius 2 is 1.12 bits per heavy atom. The second-order valence-electron chi connectivity index (χ2n) is 7.55. The van der Waals surface area contributed by atoms with E-state index in [-0.39, 0.29) is 31.7 Å². The van der Waals surface area contributed by atoms with Gasteiger partial charge in [-0.2, -0.15) is 0 Å². The van der Waals surface area contributed by atoms with Crippen molar-refractivity contribution in [1.29, 1.82) is 0 Å². The Balaban J connectivity index is 0. The molecular formula is C21H39NOZr+2. The molecule has 0 amide bonds. The fourth-order valence-corrected chi connectivity index (χ4v) is 2.87. The quantitative estimate of drug-likeness (QED) is 0.353. The zero-order valence-electron chi connectivity index (χ0n) is 16.8. The average molecular weight is 413 g/mol. The Labute approximate surface area is 170 Å². The van der Waals surface area contributed by atoms with E-state index >= 15 is 0 Å².